The average Bonchev–Trinajstić information content (AvgIpc) is 2.62. The summed E-state index contributed by atoms with van der Waals surface area (Å²) in [5.74, 6) is 0.535. The van der Waals surface area contributed by atoms with Crippen LogP contribution in [0.2, 0.25) is 0 Å². The van der Waals surface area contributed by atoms with Gasteiger partial charge in [-0.2, -0.15) is 0 Å². The van der Waals surface area contributed by atoms with Gasteiger partial charge in [0.1, 0.15) is 18.7 Å². The Morgan fingerprint density at radius 2 is 1.96 bits per heavy atom. The fourth-order valence-electron chi connectivity index (χ4n) is 2.12. The Kier molecular flexibility index (Phi) is 5.09. The summed E-state index contributed by atoms with van der Waals surface area (Å²) in [6.07, 6.45) is 6.63. The summed E-state index contributed by atoms with van der Waals surface area (Å²) in [5.41, 5.74) is 2.28. The van der Waals surface area contributed by atoms with E-state index in [9.17, 15) is 4.79 Å². The van der Waals surface area contributed by atoms with E-state index in [1.165, 1.54) is 6.33 Å². The lowest BCUT2D eigenvalue weighted by Gasteiger charge is -2.09. The molecule has 3 aromatic rings. The molecule has 24 heavy (non-hydrogen) atoms. The van der Waals surface area contributed by atoms with Crippen LogP contribution in [0.3, 0.4) is 0 Å². The van der Waals surface area contributed by atoms with Gasteiger partial charge in [0.05, 0.1) is 12.1 Å². The quantitative estimate of drug-likeness (QED) is 0.755. The van der Waals surface area contributed by atoms with Crippen molar-refractivity contribution in [3.05, 3.63) is 78.6 Å². The molecule has 2 heterocycles. The molecule has 1 aromatic carbocycles. The van der Waals surface area contributed by atoms with E-state index in [0.29, 0.717) is 18.0 Å². The second kappa shape index (κ2) is 7.82. The van der Waals surface area contributed by atoms with E-state index in [4.69, 9.17) is 4.74 Å². The maximum Gasteiger partial charge on any atom is 0.228 e. The third kappa shape index (κ3) is 4.61. The van der Waals surface area contributed by atoms with E-state index in [-0.39, 0.29) is 12.3 Å². The molecule has 0 bridgehead atoms. The van der Waals surface area contributed by atoms with Crippen molar-refractivity contribution in [2.45, 2.75) is 13.0 Å². The number of aromatic nitrogens is 3. The highest BCUT2D eigenvalue weighted by molar-refractivity contribution is 5.92. The highest BCUT2D eigenvalue weighted by Crippen LogP contribution is 2.18. The molecular weight excluding hydrogens is 304 g/mol. The van der Waals surface area contributed by atoms with Crippen LogP contribution in [0, 0.1) is 0 Å². The molecule has 0 aliphatic rings. The van der Waals surface area contributed by atoms with Crippen LogP contribution in [0.15, 0.2) is 67.4 Å². The van der Waals surface area contributed by atoms with E-state index in [1.807, 2.05) is 36.4 Å². The van der Waals surface area contributed by atoms with Crippen molar-refractivity contribution in [3.8, 4) is 5.75 Å². The topological polar surface area (TPSA) is 77.0 Å². The van der Waals surface area contributed by atoms with Crippen molar-refractivity contribution < 1.29 is 9.53 Å². The number of rotatable bonds is 6. The summed E-state index contributed by atoms with van der Waals surface area (Å²) in [6, 6.07) is 12.9. The molecule has 0 fully saturated rings. The lowest BCUT2D eigenvalue weighted by atomic mass is 10.2. The SMILES string of the molecule is O=C(Cc1cncnc1)Nc1cccc(OCc2ccccn2)c1. The molecular formula is C18H16N4O2. The van der Waals surface area contributed by atoms with Gasteiger partial charge in [0.15, 0.2) is 0 Å². The molecule has 0 aliphatic carbocycles. The second-order valence-corrected chi connectivity index (χ2v) is 5.11. The minimum atomic E-state index is -0.133. The number of carbonyl (C=O) groups excluding carboxylic acids is 1. The van der Waals surface area contributed by atoms with Gasteiger partial charge in [0.25, 0.3) is 0 Å². The molecule has 120 valence electrons. The van der Waals surface area contributed by atoms with Crippen LogP contribution in [-0.4, -0.2) is 20.9 Å². The largest absolute Gasteiger partial charge is 0.487 e. The maximum atomic E-state index is 12.1. The molecule has 0 radical (unpaired) electrons. The molecule has 6 nitrogen and oxygen atoms in total. The molecule has 1 amide bonds. The molecule has 1 N–H and O–H groups in total. The van der Waals surface area contributed by atoms with Crippen molar-refractivity contribution in [2.75, 3.05) is 5.32 Å². The summed E-state index contributed by atoms with van der Waals surface area (Å²) >= 11 is 0. The Morgan fingerprint density at radius 1 is 1.08 bits per heavy atom. The Balaban J connectivity index is 1.57. The summed E-state index contributed by atoms with van der Waals surface area (Å²) in [6.45, 7) is 0.375. The molecule has 0 saturated heterocycles. The molecule has 0 saturated carbocycles. The number of ether oxygens (including phenoxy) is 1. The average molecular weight is 320 g/mol. The second-order valence-electron chi connectivity index (χ2n) is 5.11. The van der Waals surface area contributed by atoms with Crippen LogP contribution >= 0.6 is 0 Å². The Hall–Kier alpha value is -3.28. The summed E-state index contributed by atoms with van der Waals surface area (Å²) in [5, 5.41) is 2.84. The van der Waals surface area contributed by atoms with Gasteiger partial charge >= 0.3 is 0 Å². The zero-order valence-corrected chi connectivity index (χ0v) is 12.9. The zero-order chi connectivity index (χ0) is 16.6. The lowest BCUT2D eigenvalue weighted by Crippen LogP contribution is -2.14. The molecule has 6 heteroatoms. The number of benzene rings is 1. The monoisotopic (exact) mass is 320 g/mol. The van der Waals surface area contributed by atoms with Crippen molar-refractivity contribution in [3.63, 3.8) is 0 Å². The van der Waals surface area contributed by atoms with Crippen molar-refractivity contribution in [1.82, 2.24) is 15.0 Å². The van der Waals surface area contributed by atoms with Crippen molar-refractivity contribution in [1.29, 1.82) is 0 Å². The standard InChI is InChI=1S/C18H16N4O2/c23-18(8-14-10-19-13-20-11-14)22-15-5-3-6-17(9-15)24-12-16-4-1-2-7-21-16/h1-7,9-11,13H,8,12H2,(H,22,23). The number of hydrogen-bond acceptors (Lipinski definition) is 5. The third-order valence-corrected chi connectivity index (χ3v) is 3.21. The first kappa shape index (κ1) is 15.6. The van der Waals surface area contributed by atoms with Crippen LogP contribution in [0.5, 0.6) is 5.75 Å². The lowest BCUT2D eigenvalue weighted by molar-refractivity contribution is -0.115. The number of nitrogens with zero attached hydrogens (tertiary/aromatic N) is 3. The van der Waals surface area contributed by atoms with Gasteiger partial charge in [-0.3, -0.25) is 9.78 Å². The van der Waals surface area contributed by atoms with Gasteiger partial charge in [-0.1, -0.05) is 12.1 Å². The molecule has 2 aromatic heterocycles. The number of amides is 1. The van der Waals surface area contributed by atoms with E-state index >= 15 is 0 Å². The third-order valence-electron chi connectivity index (χ3n) is 3.21. The van der Waals surface area contributed by atoms with E-state index in [0.717, 1.165) is 11.3 Å². The predicted octanol–water partition coefficient (Wildman–Crippen LogP) is 2.63. The van der Waals surface area contributed by atoms with Gasteiger partial charge in [0, 0.05) is 30.3 Å². The first-order valence-electron chi connectivity index (χ1n) is 7.46. The number of anilines is 1. The minimum Gasteiger partial charge on any atom is -0.487 e. The number of hydrogen-bond donors (Lipinski definition) is 1. The van der Waals surface area contributed by atoms with Gasteiger partial charge in [0.2, 0.25) is 5.91 Å². The summed E-state index contributed by atoms with van der Waals surface area (Å²) in [7, 11) is 0. The van der Waals surface area contributed by atoms with Crippen LogP contribution in [-0.2, 0) is 17.8 Å². The first-order chi connectivity index (χ1) is 11.8. The Morgan fingerprint density at radius 3 is 2.75 bits per heavy atom. The number of pyridine rings is 1. The summed E-state index contributed by atoms with van der Waals surface area (Å²) in [4.78, 5) is 24.0. The fraction of sp³-hybridized carbons (Fsp3) is 0.111. The van der Waals surface area contributed by atoms with Gasteiger partial charge < -0.3 is 10.1 Å². The Labute approximate surface area is 139 Å². The van der Waals surface area contributed by atoms with Crippen LogP contribution in [0.4, 0.5) is 5.69 Å². The van der Waals surface area contributed by atoms with Gasteiger partial charge in [-0.15, -0.1) is 0 Å². The summed E-state index contributed by atoms with van der Waals surface area (Å²) < 4.78 is 5.70. The van der Waals surface area contributed by atoms with E-state index in [1.54, 1.807) is 24.7 Å². The predicted molar refractivity (Wildman–Crippen MR) is 89.4 cm³/mol. The van der Waals surface area contributed by atoms with E-state index in [2.05, 4.69) is 20.3 Å². The highest BCUT2D eigenvalue weighted by Gasteiger charge is 2.05. The van der Waals surface area contributed by atoms with Gasteiger partial charge in [-0.05, 0) is 29.8 Å². The molecule has 0 atom stereocenters. The van der Waals surface area contributed by atoms with E-state index < -0.39 is 0 Å². The highest BCUT2D eigenvalue weighted by atomic mass is 16.5. The molecule has 0 unspecified atom stereocenters. The van der Waals surface area contributed by atoms with Crippen LogP contribution < -0.4 is 10.1 Å². The first-order valence-corrected chi connectivity index (χ1v) is 7.46. The van der Waals surface area contributed by atoms with Gasteiger partial charge in [-0.25, -0.2) is 9.97 Å². The number of carbonyl (C=O) groups is 1. The van der Waals surface area contributed by atoms with Crippen molar-refractivity contribution >= 4 is 11.6 Å². The van der Waals surface area contributed by atoms with Crippen LogP contribution in [0.25, 0.3) is 0 Å². The number of nitrogens with one attached hydrogen (secondary N) is 1. The van der Waals surface area contributed by atoms with Crippen LogP contribution in [0.1, 0.15) is 11.3 Å². The fourth-order valence-corrected chi connectivity index (χ4v) is 2.12. The Bertz CT molecular complexity index is 794. The molecule has 0 aliphatic heterocycles. The maximum absolute atomic E-state index is 12.1. The smallest absolute Gasteiger partial charge is 0.228 e. The minimum absolute atomic E-state index is 0.133. The van der Waals surface area contributed by atoms with Crippen molar-refractivity contribution in [2.24, 2.45) is 0 Å². The normalized spacial score (nSPS) is 10.2. The molecule has 0 spiro atoms. The molecule has 3 rings (SSSR count). The zero-order valence-electron chi connectivity index (χ0n) is 12.9.